The van der Waals surface area contributed by atoms with Crippen LogP contribution in [0.3, 0.4) is 0 Å². The van der Waals surface area contributed by atoms with E-state index in [1.54, 1.807) is 18.5 Å². The Bertz CT molecular complexity index is 826. The molecule has 0 unspecified atom stereocenters. The molecule has 0 saturated heterocycles. The Labute approximate surface area is 130 Å². The molecule has 1 aromatic carbocycles. The highest BCUT2D eigenvalue weighted by Gasteiger charge is 2.50. The van der Waals surface area contributed by atoms with Gasteiger partial charge in [-0.25, -0.2) is 13.8 Å². The molecule has 0 amide bonds. The van der Waals surface area contributed by atoms with Crippen LogP contribution in [0.5, 0.6) is 0 Å². The van der Waals surface area contributed by atoms with Gasteiger partial charge < -0.3 is 0 Å². The van der Waals surface area contributed by atoms with Crippen LogP contribution in [0.15, 0.2) is 48.1 Å². The maximum atomic E-state index is 14.1. The second kappa shape index (κ2) is 4.95. The van der Waals surface area contributed by atoms with Gasteiger partial charge in [-0.3, -0.25) is 4.98 Å². The number of aromatic nitrogens is 2. The van der Waals surface area contributed by atoms with Crippen LogP contribution in [-0.2, 0) is 5.41 Å². The Morgan fingerprint density at radius 3 is 2.50 bits per heavy atom. The Balaban J connectivity index is 1.74. The van der Waals surface area contributed by atoms with E-state index < -0.39 is 11.6 Å². The van der Waals surface area contributed by atoms with E-state index >= 15 is 0 Å². The van der Waals surface area contributed by atoms with Gasteiger partial charge in [0.1, 0.15) is 16.6 Å². The lowest BCUT2D eigenvalue weighted by molar-refractivity contribution is 0.562. The molecular weight excluding hydrogens is 302 g/mol. The van der Waals surface area contributed by atoms with Gasteiger partial charge in [-0.1, -0.05) is 6.07 Å². The van der Waals surface area contributed by atoms with Crippen molar-refractivity contribution < 1.29 is 8.78 Å². The molecule has 1 saturated carbocycles. The summed E-state index contributed by atoms with van der Waals surface area (Å²) >= 11 is 1.53. The molecule has 0 atom stereocenters. The summed E-state index contributed by atoms with van der Waals surface area (Å²) in [6.45, 7) is 0. The average molecular weight is 314 g/mol. The van der Waals surface area contributed by atoms with E-state index in [1.807, 2.05) is 17.5 Å². The maximum absolute atomic E-state index is 14.1. The third-order valence-electron chi connectivity index (χ3n) is 4.09. The van der Waals surface area contributed by atoms with Gasteiger partial charge in [-0.15, -0.1) is 11.3 Å². The molecule has 0 radical (unpaired) electrons. The number of halogens is 2. The highest BCUT2D eigenvalue weighted by molar-refractivity contribution is 7.10. The lowest BCUT2D eigenvalue weighted by Gasteiger charge is -2.13. The predicted molar refractivity (Wildman–Crippen MR) is 81.7 cm³/mol. The van der Waals surface area contributed by atoms with Gasteiger partial charge in [-0.05, 0) is 31.0 Å². The number of pyridine rings is 1. The van der Waals surface area contributed by atoms with Crippen molar-refractivity contribution in [2.45, 2.75) is 18.3 Å². The van der Waals surface area contributed by atoms with E-state index in [0.717, 1.165) is 35.2 Å². The molecule has 2 nitrogen and oxygen atoms in total. The standard InChI is InChI=1S/C17H12F2N2S/c18-12-1-2-13(14(19)9-12)17(5-6-17)16-21-15(10-22-16)11-3-7-20-8-4-11/h1-4,7-10H,5-6H2. The van der Waals surface area contributed by atoms with Crippen LogP contribution in [0, 0.1) is 11.6 Å². The van der Waals surface area contributed by atoms with E-state index in [0.29, 0.717) is 5.56 Å². The largest absolute Gasteiger partial charge is 0.265 e. The quantitative estimate of drug-likeness (QED) is 0.708. The van der Waals surface area contributed by atoms with Crippen LogP contribution < -0.4 is 0 Å². The normalized spacial score (nSPS) is 15.7. The van der Waals surface area contributed by atoms with Crippen LogP contribution in [0.1, 0.15) is 23.4 Å². The van der Waals surface area contributed by atoms with E-state index in [-0.39, 0.29) is 5.41 Å². The summed E-state index contributed by atoms with van der Waals surface area (Å²) in [4.78, 5) is 8.68. The molecule has 2 heterocycles. The molecule has 1 fully saturated rings. The van der Waals surface area contributed by atoms with Crippen molar-refractivity contribution in [1.82, 2.24) is 9.97 Å². The van der Waals surface area contributed by atoms with Crippen molar-refractivity contribution in [1.29, 1.82) is 0 Å². The molecule has 5 heteroatoms. The average Bonchev–Trinajstić information content (AvgIpc) is 3.17. The van der Waals surface area contributed by atoms with Gasteiger partial charge in [0.15, 0.2) is 0 Å². The second-order valence-corrected chi connectivity index (χ2v) is 6.34. The van der Waals surface area contributed by atoms with Crippen LogP contribution in [0.4, 0.5) is 8.78 Å². The third-order valence-corrected chi connectivity index (χ3v) is 5.13. The minimum Gasteiger partial charge on any atom is -0.265 e. The van der Waals surface area contributed by atoms with Gasteiger partial charge in [-0.2, -0.15) is 0 Å². The number of thiazole rings is 1. The fourth-order valence-electron chi connectivity index (χ4n) is 2.75. The molecule has 0 bridgehead atoms. The highest BCUT2D eigenvalue weighted by Crippen LogP contribution is 2.55. The molecule has 1 aliphatic rings. The number of hydrogen-bond acceptors (Lipinski definition) is 3. The summed E-state index contributed by atoms with van der Waals surface area (Å²) in [6.07, 6.45) is 5.14. The zero-order valence-corrected chi connectivity index (χ0v) is 12.4. The van der Waals surface area contributed by atoms with Crippen molar-refractivity contribution in [2.24, 2.45) is 0 Å². The van der Waals surface area contributed by atoms with Gasteiger partial charge in [0.2, 0.25) is 0 Å². The Kier molecular flexibility index (Phi) is 3.04. The molecular formula is C17H12F2N2S. The van der Waals surface area contributed by atoms with Crippen LogP contribution >= 0.6 is 11.3 Å². The van der Waals surface area contributed by atoms with Gasteiger partial charge in [0.05, 0.1) is 11.1 Å². The van der Waals surface area contributed by atoms with Crippen molar-refractivity contribution >= 4 is 11.3 Å². The fraction of sp³-hybridized carbons (Fsp3) is 0.176. The second-order valence-electron chi connectivity index (χ2n) is 5.48. The first-order chi connectivity index (χ1) is 10.7. The van der Waals surface area contributed by atoms with E-state index in [1.165, 1.54) is 17.4 Å². The molecule has 2 aromatic heterocycles. The lowest BCUT2D eigenvalue weighted by atomic mass is 9.96. The summed E-state index contributed by atoms with van der Waals surface area (Å²) in [5.41, 5.74) is 2.03. The fourth-order valence-corrected chi connectivity index (χ4v) is 3.85. The SMILES string of the molecule is Fc1ccc(C2(c3nc(-c4ccncc4)cs3)CC2)c(F)c1. The molecule has 0 spiro atoms. The van der Waals surface area contributed by atoms with E-state index in [9.17, 15) is 8.78 Å². The van der Waals surface area contributed by atoms with Crippen molar-refractivity contribution in [3.63, 3.8) is 0 Å². The molecule has 3 aromatic rings. The maximum Gasteiger partial charge on any atom is 0.130 e. The lowest BCUT2D eigenvalue weighted by Crippen LogP contribution is -2.11. The smallest absolute Gasteiger partial charge is 0.130 e. The first-order valence-electron chi connectivity index (χ1n) is 7.01. The monoisotopic (exact) mass is 314 g/mol. The molecule has 110 valence electrons. The molecule has 22 heavy (non-hydrogen) atoms. The zero-order valence-electron chi connectivity index (χ0n) is 11.6. The Hall–Kier alpha value is -2.14. The van der Waals surface area contributed by atoms with Crippen molar-refractivity contribution in [3.05, 3.63) is 70.3 Å². The minimum absolute atomic E-state index is 0.381. The molecule has 4 rings (SSSR count). The molecule has 1 aliphatic carbocycles. The number of benzene rings is 1. The van der Waals surface area contributed by atoms with Crippen molar-refractivity contribution in [3.8, 4) is 11.3 Å². The zero-order chi connectivity index (χ0) is 15.2. The molecule has 0 aliphatic heterocycles. The summed E-state index contributed by atoms with van der Waals surface area (Å²) < 4.78 is 27.3. The molecule has 0 N–H and O–H groups in total. The van der Waals surface area contributed by atoms with Gasteiger partial charge in [0.25, 0.3) is 0 Å². The summed E-state index contributed by atoms with van der Waals surface area (Å²) in [6, 6.07) is 7.61. The highest BCUT2D eigenvalue weighted by atomic mass is 32.1. The Morgan fingerprint density at radius 1 is 1.05 bits per heavy atom. The summed E-state index contributed by atoms with van der Waals surface area (Å²) in [7, 11) is 0. The first-order valence-corrected chi connectivity index (χ1v) is 7.89. The summed E-state index contributed by atoms with van der Waals surface area (Å²) in [5.74, 6) is -1.04. The van der Waals surface area contributed by atoms with Crippen LogP contribution in [0.25, 0.3) is 11.3 Å². The first kappa shape index (κ1) is 13.5. The van der Waals surface area contributed by atoms with Crippen molar-refractivity contribution in [2.75, 3.05) is 0 Å². The Morgan fingerprint density at radius 2 is 1.82 bits per heavy atom. The minimum atomic E-state index is -0.548. The van der Waals surface area contributed by atoms with Gasteiger partial charge >= 0.3 is 0 Å². The van der Waals surface area contributed by atoms with E-state index in [4.69, 9.17) is 0 Å². The number of hydrogen-bond donors (Lipinski definition) is 0. The summed E-state index contributed by atoms with van der Waals surface area (Å²) in [5, 5.41) is 2.87. The van der Waals surface area contributed by atoms with Crippen LogP contribution in [0.2, 0.25) is 0 Å². The predicted octanol–water partition coefficient (Wildman–Crippen LogP) is 4.56. The van der Waals surface area contributed by atoms with Crippen LogP contribution in [-0.4, -0.2) is 9.97 Å². The number of rotatable bonds is 3. The topological polar surface area (TPSA) is 25.8 Å². The van der Waals surface area contributed by atoms with Gasteiger partial charge in [0, 0.05) is 35.0 Å². The third kappa shape index (κ3) is 2.13. The number of nitrogens with zero attached hydrogens (tertiary/aromatic N) is 2. The van der Waals surface area contributed by atoms with E-state index in [2.05, 4.69) is 9.97 Å².